The second-order valence-electron chi connectivity index (χ2n) is 6.91. The number of nitrogens with zero attached hydrogens (tertiary/aromatic N) is 2. The Kier molecular flexibility index (Phi) is 2.90. The fraction of sp³-hybridized carbons (Fsp3) is 0.389. The van der Waals surface area contributed by atoms with Crippen LogP contribution in [0, 0.1) is 5.41 Å². The Hall–Kier alpha value is -2.37. The molecule has 2 aliphatic heterocycles. The molecule has 2 heterocycles. The molecule has 4 nitrogen and oxygen atoms in total. The van der Waals surface area contributed by atoms with Crippen LogP contribution < -0.4 is 11.5 Å². The number of rotatable bonds is 1. The molecular formula is C18H20F2N4. The van der Waals surface area contributed by atoms with Crippen LogP contribution >= 0.6 is 0 Å². The van der Waals surface area contributed by atoms with Crippen LogP contribution in [-0.4, -0.2) is 23.2 Å². The molecule has 1 atom stereocenters. The van der Waals surface area contributed by atoms with Crippen molar-refractivity contribution in [2.45, 2.75) is 31.6 Å². The molecule has 3 aliphatic rings. The highest BCUT2D eigenvalue weighted by atomic mass is 19.3. The molecule has 1 aliphatic carbocycles. The van der Waals surface area contributed by atoms with Gasteiger partial charge in [0.25, 0.3) is 5.92 Å². The first-order chi connectivity index (χ1) is 11.3. The van der Waals surface area contributed by atoms with E-state index < -0.39 is 11.3 Å². The molecule has 0 radical (unpaired) electrons. The maximum atomic E-state index is 14.7. The Labute approximate surface area is 139 Å². The van der Waals surface area contributed by atoms with Gasteiger partial charge in [-0.2, -0.15) is 0 Å². The third-order valence-electron chi connectivity index (χ3n) is 5.57. The average molecular weight is 330 g/mol. The summed E-state index contributed by atoms with van der Waals surface area (Å²) in [5.74, 6) is -2.32. The van der Waals surface area contributed by atoms with Crippen LogP contribution in [0.1, 0.15) is 36.8 Å². The highest BCUT2D eigenvalue weighted by molar-refractivity contribution is 6.05. The van der Waals surface area contributed by atoms with E-state index in [2.05, 4.69) is 18.2 Å². The van der Waals surface area contributed by atoms with Gasteiger partial charge < -0.3 is 16.4 Å². The number of hydrogen-bond acceptors (Lipinski definition) is 4. The summed E-state index contributed by atoms with van der Waals surface area (Å²) in [7, 11) is 0. The molecular weight excluding hydrogens is 310 g/mol. The monoisotopic (exact) mass is 330 g/mol. The minimum absolute atomic E-state index is 0.0859. The zero-order valence-corrected chi connectivity index (χ0v) is 13.4. The van der Waals surface area contributed by atoms with E-state index in [4.69, 9.17) is 11.5 Å². The molecule has 1 saturated heterocycles. The van der Waals surface area contributed by atoms with Crippen LogP contribution in [0.25, 0.3) is 11.4 Å². The van der Waals surface area contributed by atoms with Gasteiger partial charge in [-0.25, -0.2) is 13.8 Å². The van der Waals surface area contributed by atoms with Crippen LogP contribution in [-0.2, 0) is 0 Å². The molecule has 1 saturated carbocycles. The summed E-state index contributed by atoms with van der Waals surface area (Å²) in [4.78, 5) is 6.48. The lowest BCUT2D eigenvalue weighted by Gasteiger charge is -2.36. The smallest absolute Gasteiger partial charge is 0.260 e. The Morgan fingerprint density at radius 2 is 2.00 bits per heavy atom. The van der Waals surface area contributed by atoms with Gasteiger partial charge in [0.05, 0.1) is 11.1 Å². The van der Waals surface area contributed by atoms with Crippen molar-refractivity contribution in [3.05, 3.63) is 36.4 Å². The number of hydrogen-bond donors (Lipinski definition) is 2. The van der Waals surface area contributed by atoms with Crippen molar-refractivity contribution in [3.63, 3.8) is 0 Å². The fourth-order valence-corrected chi connectivity index (χ4v) is 4.32. The first kappa shape index (κ1) is 15.2. The summed E-state index contributed by atoms with van der Waals surface area (Å²) in [6.07, 6.45) is 1.26. The minimum Gasteiger partial charge on any atom is -0.399 e. The predicted molar refractivity (Wildman–Crippen MR) is 92.8 cm³/mol. The molecule has 1 spiro atoms. The standard InChI is InChI=1S/C18H20F2N4/c1-10(21)13-8-12(22)9-14-11(2)24-7-6-17(16(24)23-15(13)14)4-3-5-18(17,19)20/h8-9H,1-7,21-22H2. The van der Waals surface area contributed by atoms with Gasteiger partial charge in [-0.3, -0.25) is 0 Å². The minimum atomic E-state index is -2.74. The molecule has 2 fully saturated rings. The van der Waals surface area contributed by atoms with Crippen molar-refractivity contribution in [2.75, 3.05) is 12.3 Å². The van der Waals surface area contributed by atoms with Gasteiger partial charge >= 0.3 is 0 Å². The number of nitrogens with two attached hydrogens (primary N) is 2. The SMILES string of the molecule is C=C(N)c1cc(N)cc2c1N=C1N(CCC13CCCC3(F)F)C2=C. The van der Waals surface area contributed by atoms with Gasteiger partial charge in [-0.15, -0.1) is 0 Å². The normalized spacial score (nSPS) is 27.2. The molecule has 6 heteroatoms. The number of nitrogen functional groups attached to an aromatic ring is 1. The quantitative estimate of drug-likeness (QED) is 0.771. The molecule has 0 aromatic heterocycles. The molecule has 4 rings (SSSR count). The van der Waals surface area contributed by atoms with E-state index in [0.717, 1.165) is 5.56 Å². The second-order valence-corrected chi connectivity index (χ2v) is 6.91. The van der Waals surface area contributed by atoms with Crippen molar-refractivity contribution in [1.29, 1.82) is 0 Å². The zero-order valence-electron chi connectivity index (χ0n) is 13.4. The Balaban J connectivity index is 1.97. The molecule has 1 aromatic rings. The molecule has 1 unspecified atom stereocenters. The van der Waals surface area contributed by atoms with E-state index >= 15 is 0 Å². The van der Waals surface area contributed by atoms with Gasteiger partial charge in [0.15, 0.2) is 0 Å². The van der Waals surface area contributed by atoms with E-state index in [1.165, 1.54) is 0 Å². The Morgan fingerprint density at radius 3 is 2.62 bits per heavy atom. The first-order valence-electron chi connectivity index (χ1n) is 8.09. The van der Waals surface area contributed by atoms with Gasteiger partial charge in [0.2, 0.25) is 0 Å². The maximum Gasteiger partial charge on any atom is 0.260 e. The fourth-order valence-electron chi connectivity index (χ4n) is 4.32. The van der Waals surface area contributed by atoms with Crippen molar-refractivity contribution in [1.82, 2.24) is 4.90 Å². The van der Waals surface area contributed by atoms with E-state index in [1.807, 2.05) is 4.90 Å². The maximum absolute atomic E-state index is 14.7. The van der Waals surface area contributed by atoms with Crippen molar-refractivity contribution in [2.24, 2.45) is 16.1 Å². The van der Waals surface area contributed by atoms with E-state index in [-0.39, 0.29) is 6.42 Å². The van der Waals surface area contributed by atoms with Gasteiger partial charge in [0.1, 0.15) is 5.84 Å². The zero-order chi connectivity index (χ0) is 17.3. The molecule has 1 aromatic carbocycles. The summed E-state index contributed by atoms with van der Waals surface area (Å²) in [5, 5.41) is 0. The van der Waals surface area contributed by atoms with Crippen LogP contribution in [0.4, 0.5) is 20.2 Å². The van der Waals surface area contributed by atoms with E-state index in [1.54, 1.807) is 12.1 Å². The van der Waals surface area contributed by atoms with Gasteiger partial charge in [-0.05, 0) is 31.4 Å². The number of amidine groups is 1. The number of fused-ring (bicyclic) bond motifs is 3. The molecule has 24 heavy (non-hydrogen) atoms. The summed E-state index contributed by atoms with van der Waals surface area (Å²) in [6, 6.07) is 3.45. The highest BCUT2D eigenvalue weighted by Gasteiger charge is 2.64. The van der Waals surface area contributed by atoms with Crippen molar-refractivity contribution < 1.29 is 8.78 Å². The van der Waals surface area contributed by atoms with Crippen molar-refractivity contribution >= 4 is 28.6 Å². The number of halogens is 2. The number of benzene rings is 1. The lowest BCUT2D eigenvalue weighted by Crippen LogP contribution is -2.44. The molecule has 4 N–H and O–H groups in total. The third kappa shape index (κ3) is 1.74. The summed E-state index contributed by atoms with van der Waals surface area (Å²) in [5.41, 5.74) is 14.0. The van der Waals surface area contributed by atoms with Gasteiger partial charge in [0, 0.05) is 41.2 Å². The lowest BCUT2D eigenvalue weighted by molar-refractivity contribution is -0.0628. The number of anilines is 1. The summed E-state index contributed by atoms with van der Waals surface area (Å²) < 4.78 is 29.4. The van der Waals surface area contributed by atoms with Crippen LogP contribution in [0.3, 0.4) is 0 Å². The average Bonchev–Trinajstić information content (AvgIpc) is 3.02. The molecule has 0 bridgehead atoms. The summed E-state index contributed by atoms with van der Waals surface area (Å²) in [6.45, 7) is 8.38. The van der Waals surface area contributed by atoms with E-state index in [0.29, 0.717) is 60.0 Å². The second kappa shape index (κ2) is 4.59. The molecule has 0 amide bonds. The lowest BCUT2D eigenvalue weighted by atomic mass is 9.80. The largest absolute Gasteiger partial charge is 0.399 e. The third-order valence-corrected chi connectivity index (χ3v) is 5.57. The van der Waals surface area contributed by atoms with Gasteiger partial charge in [-0.1, -0.05) is 13.2 Å². The number of aliphatic imine (C=N–C) groups is 1. The summed E-state index contributed by atoms with van der Waals surface area (Å²) >= 11 is 0. The number of alkyl halides is 2. The van der Waals surface area contributed by atoms with Crippen LogP contribution in [0.5, 0.6) is 0 Å². The Morgan fingerprint density at radius 1 is 1.25 bits per heavy atom. The van der Waals surface area contributed by atoms with Crippen LogP contribution in [0.2, 0.25) is 0 Å². The van der Waals surface area contributed by atoms with Crippen LogP contribution in [0.15, 0.2) is 30.3 Å². The predicted octanol–water partition coefficient (Wildman–Crippen LogP) is 3.72. The van der Waals surface area contributed by atoms with Crippen molar-refractivity contribution in [3.8, 4) is 0 Å². The first-order valence-corrected chi connectivity index (χ1v) is 8.09. The van der Waals surface area contributed by atoms with E-state index in [9.17, 15) is 8.78 Å². The molecule has 126 valence electrons. The Bertz CT molecular complexity index is 811. The topological polar surface area (TPSA) is 67.6 Å². The highest BCUT2D eigenvalue weighted by Crippen LogP contribution is 2.59.